The number of hydrogen-bond acceptors (Lipinski definition) is 5. The molecule has 1 aliphatic rings. The van der Waals surface area contributed by atoms with E-state index in [1.165, 1.54) is 6.07 Å². The van der Waals surface area contributed by atoms with Crippen molar-refractivity contribution < 1.29 is 9.18 Å². The highest BCUT2D eigenvalue weighted by Crippen LogP contribution is 2.21. The van der Waals surface area contributed by atoms with E-state index in [0.29, 0.717) is 43.5 Å². The number of halogens is 1. The summed E-state index contributed by atoms with van der Waals surface area (Å²) in [7, 11) is 0. The number of aromatic nitrogens is 2. The van der Waals surface area contributed by atoms with Crippen molar-refractivity contribution in [3.8, 4) is 0 Å². The Bertz CT molecular complexity index is 1020. The Morgan fingerprint density at radius 1 is 1.03 bits per heavy atom. The molecule has 0 unspecified atom stereocenters. The molecule has 29 heavy (non-hydrogen) atoms. The Hall–Kier alpha value is -3.48. The van der Waals surface area contributed by atoms with Gasteiger partial charge in [0.25, 0.3) is 5.91 Å². The van der Waals surface area contributed by atoms with Crippen molar-refractivity contribution in [2.24, 2.45) is 0 Å². The van der Waals surface area contributed by atoms with Crippen molar-refractivity contribution in [3.05, 3.63) is 77.9 Å². The van der Waals surface area contributed by atoms with Crippen LogP contribution in [0.5, 0.6) is 0 Å². The van der Waals surface area contributed by atoms with Crippen LogP contribution in [0, 0.1) is 12.7 Å². The first kappa shape index (κ1) is 18.9. The van der Waals surface area contributed by atoms with E-state index in [9.17, 15) is 9.18 Å². The average Bonchev–Trinajstić information content (AvgIpc) is 2.74. The molecule has 0 bridgehead atoms. The van der Waals surface area contributed by atoms with Gasteiger partial charge in [-0.05, 0) is 42.8 Å². The normalized spacial score (nSPS) is 14.0. The molecule has 3 aromatic rings. The molecule has 148 valence electrons. The summed E-state index contributed by atoms with van der Waals surface area (Å²) in [4.78, 5) is 25.2. The molecule has 1 saturated heterocycles. The Morgan fingerprint density at radius 2 is 1.83 bits per heavy atom. The van der Waals surface area contributed by atoms with Crippen molar-refractivity contribution in [1.82, 2.24) is 14.9 Å². The second kappa shape index (κ2) is 8.26. The minimum atomic E-state index is -0.241. The minimum absolute atomic E-state index is 0.145. The second-order valence-electron chi connectivity index (χ2n) is 6.99. The van der Waals surface area contributed by atoms with Gasteiger partial charge in [0.15, 0.2) is 0 Å². The zero-order valence-electron chi connectivity index (χ0n) is 16.2. The number of rotatable bonds is 4. The molecular weight excluding hydrogens is 369 g/mol. The van der Waals surface area contributed by atoms with E-state index in [-0.39, 0.29) is 11.7 Å². The van der Waals surface area contributed by atoms with Crippen LogP contribution in [0.2, 0.25) is 0 Å². The number of nitrogens with one attached hydrogen (secondary N) is 1. The standard InChI is InChI=1S/C22H22FN5O/c1-16-5-4-6-17(15-16)25-22-24-10-9-19(26-22)21(29)28-13-11-27(12-14-28)20-8-3-2-7-18(20)23/h2-10,15H,11-14H2,1H3,(H,24,25,26). The first-order valence-corrected chi connectivity index (χ1v) is 9.55. The molecule has 7 heteroatoms. The van der Waals surface area contributed by atoms with Gasteiger partial charge < -0.3 is 15.1 Å². The average molecular weight is 391 g/mol. The van der Waals surface area contributed by atoms with E-state index >= 15 is 0 Å². The molecule has 1 amide bonds. The second-order valence-corrected chi connectivity index (χ2v) is 6.99. The van der Waals surface area contributed by atoms with Crippen molar-refractivity contribution >= 4 is 23.2 Å². The number of aryl methyl sites for hydroxylation is 1. The fraction of sp³-hybridized carbons (Fsp3) is 0.227. The van der Waals surface area contributed by atoms with Crippen LogP contribution >= 0.6 is 0 Å². The Balaban J connectivity index is 1.42. The monoisotopic (exact) mass is 391 g/mol. The lowest BCUT2D eigenvalue weighted by Crippen LogP contribution is -2.49. The summed E-state index contributed by atoms with van der Waals surface area (Å²) < 4.78 is 14.0. The summed E-state index contributed by atoms with van der Waals surface area (Å²) in [5, 5.41) is 3.13. The SMILES string of the molecule is Cc1cccc(Nc2nccc(C(=O)N3CCN(c4ccccc4F)CC3)n2)c1. The Labute approximate surface area is 169 Å². The van der Waals surface area contributed by atoms with E-state index in [0.717, 1.165) is 11.3 Å². The fourth-order valence-electron chi connectivity index (χ4n) is 3.41. The van der Waals surface area contributed by atoms with Gasteiger partial charge in [0, 0.05) is 38.1 Å². The van der Waals surface area contributed by atoms with E-state index < -0.39 is 0 Å². The van der Waals surface area contributed by atoms with Crippen molar-refractivity contribution in [1.29, 1.82) is 0 Å². The lowest BCUT2D eigenvalue weighted by atomic mass is 10.2. The molecular formula is C22H22FN5O. The number of hydrogen-bond donors (Lipinski definition) is 1. The molecule has 4 rings (SSSR count). The quantitative estimate of drug-likeness (QED) is 0.736. The summed E-state index contributed by atoms with van der Waals surface area (Å²) in [6, 6.07) is 16.2. The molecule has 0 spiro atoms. The molecule has 2 aromatic carbocycles. The molecule has 0 radical (unpaired) electrons. The fourth-order valence-corrected chi connectivity index (χ4v) is 3.41. The van der Waals surface area contributed by atoms with E-state index in [2.05, 4.69) is 15.3 Å². The third-order valence-corrected chi connectivity index (χ3v) is 4.91. The van der Waals surface area contributed by atoms with Crippen molar-refractivity contribution in [3.63, 3.8) is 0 Å². The van der Waals surface area contributed by atoms with Gasteiger partial charge in [-0.2, -0.15) is 0 Å². The van der Waals surface area contributed by atoms with E-state index in [1.54, 1.807) is 29.3 Å². The molecule has 2 heterocycles. The van der Waals surface area contributed by atoms with Gasteiger partial charge >= 0.3 is 0 Å². The maximum atomic E-state index is 14.0. The molecule has 1 fully saturated rings. The van der Waals surface area contributed by atoms with Crippen LogP contribution in [0.3, 0.4) is 0 Å². The third-order valence-electron chi connectivity index (χ3n) is 4.91. The lowest BCUT2D eigenvalue weighted by molar-refractivity contribution is 0.0740. The van der Waals surface area contributed by atoms with Crippen molar-refractivity contribution in [2.45, 2.75) is 6.92 Å². The highest BCUT2D eigenvalue weighted by molar-refractivity contribution is 5.92. The first-order valence-electron chi connectivity index (χ1n) is 9.55. The smallest absolute Gasteiger partial charge is 0.272 e. The first-order chi connectivity index (χ1) is 14.1. The summed E-state index contributed by atoms with van der Waals surface area (Å²) >= 11 is 0. The number of piperazine rings is 1. The number of anilines is 3. The van der Waals surface area contributed by atoms with Gasteiger partial charge in [-0.25, -0.2) is 14.4 Å². The van der Waals surface area contributed by atoms with Crippen LogP contribution in [0.1, 0.15) is 16.1 Å². The van der Waals surface area contributed by atoms with Crippen LogP contribution in [-0.2, 0) is 0 Å². The van der Waals surface area contributed by atoms with E-state index in [1.807, 2.05) is 42.2 Å². The molecule has 6 nitrogen and oxygen atoms in total. The van der Waals surface area contributed by atoms with Crippen LogP contribution in [0.25, 0.3) is 0 Å². The van der Waals surface area contributed by atoms with Gasteiger partial charge in [0.05, 0.1) is 5.69 Å². The molecule has 1 aliphatic heterocycles. The van der Waals surface area contributed by atoms with Gasteiger partial charge in [0.2, 0.25) is 5.95 Å². The molecule has 0 saturated carbocycles. The highest BCUT2D eigenvalue weighted by Gasteiger charge is 2.24. The van der Waals surface area contributed by atoms with Gasteiger partial charge in [-0.3, -0.25) is 4.79 Å². The number of benzene rings is 2. The topological polar surface area (TPSA) is 61.4 Å². The zero-order valence-corrected chi connectivity index (χ0v) is 16.2. The van der Waals surface area contributed by atoms with Gasteiger partial charge in [-0.1, -0.05) is 24.3 Å². The summed E-state index contributed by atoms with van der Waals surface area (Å²) in [6.07, 6.45) is 1.58. The maximum Gasteiger partial charge on any atom is 0.272 e. The summed E-state index contributed by atoms with van der Waals surface area (Å²) in [5.41, 5.74) is 2.91. The van der Waals surface area contributed by atoms with Crippen LogP contribution in [0.15, 0.2) is 60.8 Å². The summed E-state index contributed by atoms with van der Waals surface area (Å²) in [5.74, 6) is -0.00531. The zero-order chi connectivity index (χ0) is 20.2. The predicted molar refractivity (Wildman–Crippen MR) is 111 cm³/mol. The van der Waals surface area contributed by atoms with Crippen LogP contribution < -0.4 is 10.2 Å². The number of para-hydroxylation sites is 1. The van der Waals surface area contributed by atoms with Crippen LogP contribution in [0.4, 0.5) is 21.7 Å². The maximum absolute atomic E-state index is 14.0. The molecule has 0 aliphatic carbocycles. The number of amides is 1. The predicted octanol–water partition coefficient (Wildman–Crippen LogP) is 3.63. The molecule has 0 atom stereocenters. The third kappa shape index (κ3) is 4.34. The largest absolute Gasteiger partial charge is 0.366 e. The lowest BCUT2D eigenvalue weighted by Gasteiger charge is -2.36. The van der Waals surface area contributed by atoms with Gasteiger partial charge in [0.1, 0.15) is 11.5 Å². The Morgan fingerprint density at radius 3 is 2.59 bits per heavy atom. The number of carbonyl (C=O) groups is 1. The minimum Gasteiger partial charge on any atom is -0.366 e. The summed E-state index contributed by atoms with van der Waals surface area (Å²) in [6.45, 7) is 4.18. The number of carbonyl (C=O) groups excluding carboxylic acids is 1. The highest BCUT2D eigenvalue weighted by atomic mass is 19.1. The van der Waals surface area contributed by atoms with Gasteiger partial charge in [-0.15, -0.1) is 0 Å². The molecule has 1 N–H and O–H groups in total. The molecule has 1 aromatic heterocycles. The Kier molecular flexibility index (Phi) is 5.37. The van der Waals surface area contributed by atoms with E-state index in [4.69, 9.17) is 0 Å². The van der Waals surface area contributed by atoms with Crippen molar-refractivity contribution in [2.75, 3.05) is 36.4 Å². The number of nitrogens with zero attached hydrogens (tertiary/aromatic N) is 4. The van der Waals surface area contributed by atoms with Crippen LogP contribution in [-0.4, -0.2) is 47.0 Å².